The Hall–Kier alpha value is -3.87. The van der Waals surface area contributed by atoms with Crippen LogP contribution in [0.4, 0.5) is 25.8 Å². The highest BCUT2D eigenvalue weighted by atomic mass is 19.1. The zero-order valence-corrected chi connectivity index (χ0v) is 22.3. The monoisotopic (exact) mass is 563 g/mol. The Bertz CT molecular complexity index is 1560. The van der Waals surface area contributed by atoms with E-state index in [9.17, 15) is 18.7 Å². The number of halogens is 2. The van der Waals surface area contributed by atoms with Gasteiger partial charge in [-0.25, -0.2) is 13.8 Å². The molecule has 4 N–H and O–H groups in total. The average molecular weight is 564 g/mol. The summed E-state index contributed by atoms with van der Waals surface area (Å²) in [6, 6.07) is 7.27. The molecule has 3 atom stereocenters. The van der Waals surface area contributed by atoms with Crippen LogP contribution in [0.2, 0.25) is 0 Å². The number of aromatic nitrogens is 2. The van der Waals surface area contributed by atoms with Crippen molar-refractivity contribution >= 4 is 39.6 Å². The summed E-state index contributed by atoms with van der Waals surface area (Å²) < 4.78 is 36.7. The van der Waals surface area contributed by atoms with Crippen LogP contribution in [0.1, 0.15) is 31.7 Å². The Kier molecular flexibility index (Phi) is 6.29. The normalized spacial score (nSPS) is 25.2. The van der Waals surface area contributed by atoms with E-state index < -0.39 is 29.5 Å². The first-order valence-electron chi connectivity index (χ1n) is 13.9. The predicted octanol–water partition coefficient (Wildman–Crippen LogP) is 3.28. The number of nitrogens with one attached hydrogen (secondary N) is 1. The Morgan fingerprint density at radius 3 is 2.68 bits per heavy atom. The topological polar surface area (TPSA) is 121 Å². The lowest BCUT2D eigenvalue weighted by Crippen LogP contribution is -2.37. The number of nitrogens with two attached hydrogens (primary N) is 1. The smallest absolute Gasteiger partial charge is 0.276 e. The van der Waals surface area contributed by atoms with E-state index in [0.717, 1.165) is 72.6 Å². The number of hydrogen-bond acceptors (Lipinski definition) is 8. The molecule has 4 aliphatic rings. The molecule has 3 fully saturated rings. The number of carbonyl (C=O) groups excluding carboxylic acids is 1. The largest absolute Gasteiger partial charge is 0.379 e. The fourth-order valence-corrected chi connectivity index (χ4v) is 6.27. The Labute approximate surface area is 235 Å². The second-order valence-corrected chi connectivity index (χ2v) is 11.3. The summed E-state index contributed by atoms with van der Waals surface area (Å²) in [4.78, 5) is 15.7. The lowest BCUT2D eigenvalue weighted by Gasteiger charge is -2.27. The number of aliphatic hydroxyl groups is 1. The fourth-order valence-electron chi connectivity index (χ4n) is 6.27. The SMILES string of the molecule is N[C@H]1CN(c2c(NC(=O)C3=NN(c4c(F)cccc4F)C(O)C=C3)ccc3c2cnn3[C@@H]2CCCOC2)CC12CC2. The number of fused-ring (bicyclic) bond motifs is 1. The third-order valence-corrected chi connectivity index (χ3v) is 8.69. The first-order chi connectivity index (χ1) is 19.8. The van der Waals surface area contributed by atoms with Gasteiger partial charge in [-0.3, -0.25) is 9.48 Å². The molecule has 214 valence electrons. The summed E-state index contributed by atoms with van der Waals surface area (Å²) in [5.41, 5.74) is 8.32. The first kappa shape index (κ1) is 26.1. The van der Waals surface area contributed by atoms with Gasteiger partial charge in [-0.15, -0.1) is 0 Å². The van der Waals surface area contributed by atoms with E-state index in [-0.39, 0.29) is 23.2 Å². The van der Waals surface area contributed by atoms with Crippen LogP contribution in [0, 0.1) is 17.0 Å². The summed E-state index contributed by atoms with van der Waals surface area (Å²) >= 11 is 0. The zero-order valence-electron chi connectivity index (χ0n) is 22.3. The number of hydrogen-bond donors (Lipinski definition) is 3. The van der Waals surface area contributed by atoms with Gasteiger partial charge in [0.25, 0.3) is 5.91 Å². The molecule has 7 rings (SSSR count). The van der Waals surface area contributed by atoms with Crippen molar-refractivity contribution in [2.24, 2.45) is 16.3 Å². The van der Waals surface area contributed by atoms with Crippen LogP contribution in [-0.2, 0) is 9.53 Å². The fraction of sp³-hybridized carbons (Fsp3) is 0.414. The maximum absolute atomic E-state index is 14.5. The molecule has 2 saturated heterocycles. The molecule has 12 heteroatoms. The van der Waals surface area contributed by atoms with Crippen molar-refractivity contribution in [2.75, 3.05) is 41.5 Å². The molecule has 4 heterocycles. The number of rotatable bonds is 5. The van der Waals surface area contributed by atoms with E-state index in [2.05, 4.69) is 15.3 Å². The molecule has 1 saturated carbocycles. The van der Waals surface area contributed by atoms with Crippen LogP contribution in [0.3, 0.4) is 0 Å². The zero-order chi connectivity index (χ0) is 28.3. The molecule has 1 aromatic heterocycles. The highest BCUT2D eigenvalue weighted by Crippen LogP contribution is 2.54. The number of anilines is 3. The number of benzene rings is 2. The lowest BCUT2D eigenvalue weighted by molar-refractivity contribution is -0.110. The van der Waals surface area contributed by atoms with E-state index in [1.54, 1.807) is 0 Å². The van der Waals surface area contributed by atoms with Crippen LogP contribution in [0.15, 0.2) is 53.8 Å². The molecule has 3 aliphatic heterocycles. The Balaban J connectivity index is 1.24. The molecule has 0 radical (unpaired) electrons. The number of nitrogens with zero attached hydrogens (tertiary/aromatic N) is 5. The third-order valence-electron chi connectivity index (χ3n) is 8.69. The van der Waals surface area contributed by atoms with Crippen molar-refractivity contribution < 1.29 is 23.4 Å². The summed E-state index contributed by atoms with van der Waals surface area (Å²) in [6.07, 6.45) is 7.06. The number of para-hydroxylation sites is 1. The van der Waals surface area contributed by atoms with Gasteiger partial charge in [-0.05, 0) is 62.1 Å². The second-order valence-electron chi connectivity index (χ2n) is 11.3. The van der Waals surface area contributed by atoms with Crippen molar-refractivity contribution in [2.45, 2.75) is 44.0 Å². The highest BCUT2D eigenvalue weighted by molar-refractivity contribution is 6.47. The van der Waals surface area contributed by atoms with Gasteiger partial charge in [-0.1, -0.05) is 6.07 Å². The van der Waals surface area contributed by atoms with Crippen molar-refractivity contribution in [3.63, 3.8) is 0 Å². The molecular weight excluding hydrogens is 532 g/mol. The summed E-state index contributed by atoms with van der Waals surface area (Å²) in [7, 11) is 0. The van der Waals surface area contributed by atoms with Gasteiger partial charge in [0.15, 0.2) is 17.9 Å². The Morgan fingerprint density at radius 1 is 1.17 bits per heavy atom. The van der Waals surface area contributed by atoms with Crippen molar-refractivity contribution in [1.29, 1.82) is 0 Å². The first-order valence-corrected chi connectivity index (χ1v) is 13.9. The minimum atomic E-state index is -1.44. The number of aliphatic hydroxyl groups excluding tert-OH is 1. The van der Waals surface area contributed by atoms with Crippen molar-refractivity contribution in [3.05, 3.63) is 60.3 Å². The van der Waals surface area contributed by atoms with E-state index in [1.165, 1.54) is 18.2 Å². The van der Waals surface area contributed by atoms with Crippen LogP contribution in [-0.4, -0.2) is 65.1 Å². The summed E-state index contributed by atoms with van der Waals surface area (Å²) in [5.74, 6) is -2.40. The molecular formula is C29H31F2N7O3. The number of amides is 1. The van der Waals surface area contributed by atoms with Crippen LogP contribution in [0.25, 0.3) is 10.9 Å². The van der Waals surface area contributed by atoms with Crippen LogP contribution >= 0.6 is 0 Å². The van der Waals surface area contributed by atoms with Gasteiger partial charge in [0.05, 0.1) is 35.7 Å². The third kappa shape index (κ3) is 4.46. The van der Waals surface area contributed by atoms with Crippen molar-refractivity contribution in [1.82, 2.24) is 9.78 Å². The van der Waals surface area contributed by atoms with Crippen LogP contribution in [0.5, 0.6) is 0 Å². The molecule has 1 amide bonds. The highest BCUT2D eigenvalue weighted by Gasteiger charge is 2.54. The van der Waals surface area contributed by atoms with Crippen LogP contribution < -0.4 is 21.0 Å². The number of carbonyl (C=O) groups is 1. The van der Waals surface area contributed by atoms with E-state index in [0.29, 0.717) is 18.8 Å². The quantitative estimate of drug-likeness (QED) is 0.436. The average Bonchev–Trinajstić information content (AvgIpc) is 3.51. The number of ether oxygens (including phenoxy) is 1. The predicted molar refractivity (Wildman–Crippen MR) is 151 cm³/mol. The standard InChI is InChI=1S/C29H31F2N7O3/c30-19-4-1-5-20(31)27(19)38-25(39)9-7-22(35-38)28(40)34-21-6-8-23-18(13-33-37(23)17-3-2-12-41-15-17)26(21)36-14-24(32)29(16-36)10-11-29/h1,4-9,13,17,24-25,39H,2-3,10-12,14-16,32H2,(H,34,40)/t17-,24+,25?/m1/s1. The summed E-state index contributed by atoms with van der Waals surface area (Å²) in [6.45, 7) is 2.77. The molecule has 10 nitrogen and oxygen atoms in total. The lowest BCUT2D eigenvalue weighted by atomic mass is 10.0. The molecule has 0 bridgehead atoms. The molecule has 41 heavy (non-hydrogen) atoms. The van der Waals surface area contributed by atoms with Gasteiger partial charge in [-0.2, -0.15) is 10.2 Å². The molecule has 1 unspecified atom stereocenters. The molecule has 3 aromatic rings. The second kappa shape index (κ2) is 9.89. The van der Waals surface area contributed by atoms with Crippen molar-refractivity contribution in [3.8, 4) is 0 Å². The van der Waals surface area contributed by atoms with Gasteiger partial charge >= 0.3 is 0 Å². The van der Waals surface area contributed by atoms with E-state index in [4.69, 9.17) is 15.6 Å². The Morgan fingerprint density at radius 2 is 1.98 bits per heavy atom. The van der Waals surface area contributed by atoms with Gasteiger partial charge in [0.2, 0.25) is 0 Å². The van der Waals surface area contributed by atoms with E-state index in [1.807, 2.05) is 23.0 Å². The van der Waals surface area contributed by atoms with Gasteiger partial charge < -0.3 is 25.8 Å². The minimum Gasteiger partial charge on any atom is -0.379 e. The molecule has 2 aromatic carbocycles. The van der Waals surface area contributed by atoms with Gasteiger partial charge in [0, 0.05) is 36.5 Å². The van der Waals surface area contributed by atoms with E-state index >= 15 is 0 Å². The molecule has 1 aliphatic carbocycles. The maximum Gasteiger partial charge on any atom is 0.276 e. The summed E-state index contributed by atoms with van der Waals surface area (Å²) in [5, 5.41) is 23.8. The maximum atomic E-state index is 14.5. The van der Waals surface area contributed by atoms with Gasteiger partial charge in [0.1, 0.15) is 11.4 Å². The number of hydrazone groups is 1. The minimum absolute atomic E-state index is 0.0273. The molecule has 1 spiro atoms.